The van der Waals surface area contributed by atoms with Crippen molar-refractivity contribution in [3.8, 4) is 0 Å². The van der Waals surface area contributed by atoms with Crippen molar-refractivity contribution >= 4 is 28.0 Å². The average Bonchev–Trinajstić information content (AvgIpc) is 2.81. The standard InChI is InChI=1S/C24H27BrN2O6/c1-16(17-2-6-19(25)7-3-17)26-15-14-24(33-23(26)29)12-10-21(11-13-24)32-22(28)18-4-8-20(9-5-18)27(30)31/h2-8,16,20-21H,9-15H2,1H3/t16-,20?,21-,24-/m0/s1. The van der Waals surface area contributed by atoms with Gasteiger partial charge in [-0.05, 0) is 62.5 Å². The lowest BCUT2D eigenvalue weighted by molar-refractivity contribution is -0.508. The molecule has 0 aromatic heterocycles. The zero-order valence-electron chi connectivity index (χ0n) is 18.4. The third kappa shape index (κ3) is 5.29. The maximum absolute atomic E-state index is 12.8. The van der Waals surface area contributed by atoms with Crippen LogP contribution in [0.25, 0.3) is 0 Å². The van der Waals surface area contributed by atoms with Crippen LogP contribution < -0.4 is 0 Å². The molecule has 0 N–H and O–H groups in total. The zero-order chi connectivity index (χ0) is 23.6. The van der Waals surface area contributed by atoms with E-state index in [0.29, 0.717) is 37.8 Å². The Bertz CT molecular complexity index is 981. The van der Waals surface area contributed by atoms with Crippen molar-refractivity contribution in [3.05, 3.63) is 68.2 Å². The first-order valence-corrected chi connectivity index (χ1v) is 12.0. The van der Waals surface area contributed by atoms with Gasteiger partial charge in [0.15, 0.2) is 0 Å². The molecular weight excluding hydrogens is 492 g/mol. The van der Waals surface area contributed by atoms with Gasteiger partial charge in [0.05, 0.1) is 11.6 Å². The largest absolute Gasteiger partial charge is 0.459 e. The number of nitrogens with zero attached hydrogens (tertiary/aromatic N) is 2. The summed E-state index contributed by atoms with van der Waals surface area (Å²) in [7, 11) is 0. The quantitative estimate of drug-likeness (QED) is 0.305. The van der Waals surface area contributed by atoms with Gasteiger partial charge in [0, 0.05) is 28.8 Å². The Morgan fingerprint density at radius 1 is 1.27 bits per heavy atom. The molecule has 1 saturated heterocycles. The Balaban J connectivity index is 1.28. The molecule has 1 aliphatic heterocycles. The van der Waals surface area contributed by atoms with E-state index < -0.39 is 17.6 Å². The number of rotatable bonds is 5. The second-order valence-electron chi connectivity index (χ2n) is 8.93. The lowest BCUT2D eigenvalue weighted by Crippen LogP contribution is -2.52. The van der Waals surface area contributed by atoms with E-state index >= 15 is 0 Å². The van der Waals surface area contributed by atoms with Crippen molar-refractivity contribution in [2.24, 2.45) is 0 Å². The number of hydrogen-bond acceptors (Lipinski definition) is 6. The molecule has 8 nitrogen and oxygen atoms in total. The van der Waals surface area contributed by atoms with Crippen LogP contribution in [-0.4, -0.2) is 46.2 Å². The van der Waals surface area contributed by atoms with Gasteiger partial charge in [-0.15, -0.1) is 0 Å². The van der Waals surface area contributed by atoms with E-state index in [0.717, 1.165) is 16.5 Å². The predicted octanol–water partition coefficient (Wildman–Crippen LogP) is 5.11. The highest BCUT2D eigenvalue weighted by molar-refractivity contribution is 9.10. The van der Waals surface area contributed by atoms with E-state index in [1.807, 2.05) is 31.2 Å². The number of hydrogen-bond donors (Lipinski definition) is 0. The summed E-state index contributed by atoms with van der Waals surface area (Å²) >= 11 is 3.43. The van der Waals surface area contributed by atoms with Crippen LogP contribution in [0.1, 0.15) is 57.1 Å². The summed E-state index contributed by atoms with van der Waals surface area (Å²) in [6, 6.07) is 7.06. The molecular formula is C24H27BrN2O6. The molecule has 1 saturated carbocycles. The Labute approximate surface area is 200 Å². The molecule has 2 atom stereocenters. The summed E-state index contributed by atoms with van der Waals surface area (Å²) in [5.74, 6) is -0.455. The van der Waals surface area contributed by atoms with E-state index in [1.54, 1.807) is 11.0 Å². The monoisotopic (exact) mass is 518 g/mol. The molecule has 3 aliphatic rings. The normalized spacial score (nSPS) is 28.1. The van der Waals surface area contributed by atoms with Crippen LogP contribution in [-0.2, 0) is 14.3 Å². The van der Waals surface area contributed by atoms with Crippen molar-refractivity contribution in [2.45, 2.75) is 69.2 Å². The van der Waals surface area contributed by atoms with Crippen LogP contribution in [0.4, 0.5) is 4.79 Å². The molecule has 176 valence electrons. The zero-order valence-corrected chi connectivity index (χ0v) is 20.0. The van der Waals surface area contributed by atoms with Crippen molar-refractivity contribution < 1.29 is 24.0 Å². The molecule has 1 spiro atoms. The molecule has 2 fully saturated rings. The summed E-state index contributed by atoms with van der Waals surface area (Å²) in [5.41, 5.74) is 0.908. The maximum atomic E-state index is 12.8. The molecule has 0 bridgehead atoms. The van der Waals surface area contributed by atoms with Crippen LogP contribution in [0, 0.1) is 10.1 Å². The van der Waals surface area contributed by atoms with Crippen LogP contribution in [0.5, 0.6) is 0 Å². The van der Waals surface area contributed by atoms with Gasteiger partial charge in [-0.1, -0.05) is 34.1 Å². The summed E-state index contributed by atoms with van der Waals surface area (Å²) in [5, 5.41) is 10.8. The number of esters is 1. The summed E-state index contributed by atoms with van der Waals surface area (Å²) in [4.78, 5) is 37.5. The van der Waals surface area contributed by atoms with Gasteiger partial charge in [0.1, 0.15) is 11.7 Å². The number of nitro groups is 1. The lowest BCUT2D eigenvalue weighted by Gasteiger charge is -2.46. The molecule has 1 heterocycles. The molecule has 1 unspecified atom stereocenters. The minimum absolute atomic E-state index is 0.0769. The smallest absolute Gasteiger partial charge is 0.410 e. The number of ether oxygens (including phenoxy) is 2. The molecule has 0 radical (unpaired) electrons. The second-order valence-corrected chi connectivity index (χ2v) is 9.85. The van der Waals surface area contributed by atoms with Gasteiger partial charge < -0.3 is 14.4 Å². The summed E-state index contributed by atoms with van der Waals surface area (Å²) in [6.45, 7) is 2.62. The predicted molar refractivity (Wildman–Crippen MR) is 124 cm³/mol. The van der Waals surface area contributed by atoms with Crippen molar-refractivity contribution in [2.75, 3.05) is 6.54 Å². The molecule has 9 heteroatoms. The fraction of sp³-hybridized carbons (Fsp3) is 0.500. The van der Waals surface area contributed by atoms with Crippen LogP contribution in [0.15, 0.2) is 52.5 Å². The fourth-order valence-electron chi connectivity index (χ4n) is 4.71. The van der Waals surface area contributed by atoms with Crippen LogP contribution in [0.2, 0.25) is 0 Å². The Kier molecular flexibility index (Phi) is 6.88. The van der Waals surface area contributed by atoms with Crippen molar-refractivity contribution in [1.29, 1.82) is 0 Å². The summed E-state index contributed by atoms with van der Waals surface area (Å²) in [6.07, 6.45) is 7.38. The number of benzene rings is 1. The molecule has 4 rings (SSSR count). The fourth-order valence-corrected chi connectivity index (χ4v) is 4.97. The SMILES string of the molecule is C[C@@H](c1ccc(Br)cc1)N1CC[C@]2(CC[C@@H](OC(=O)C3=CCC([N+](=O)[O-])C=C3)CC2)OC1=O. The molecule has 2 aliphatic carbocycles. The highest BCUT2D eigenvalue weighted by Crippen LogP contribution is 2.40. The highest BCUT2D eigenvalue weighted by atomic mass is 79.9. The van der Waals surface area contributed by atoms with Crippen LogP contribution >= 0.6 is 15.9 Å². The topological polar surface area (TPSA) is 99.0 Å². The van der Waals surface area contributed by atoms with Crippen molar-refractivity contribution in [3.63, 3.8) is 0 Å². The van der Waals surface area contributed by atoms with E-state index in [4.69, 9.17) is 9.47 Å². The number of carbonyl (C=O) groups is 2. The van der Waals surface area contributed by atoms with Gasteiger partial charge >= 0.3 is 12.1 Å². The second kappa shape index (κ2) is 9.67. The van der Waals surface area contributed by atoms with Crippen molar-refractivity contribution in [1.82, 2.24) is 4.90 Å². The van der Waals surface area contributed by atoms with E-state index in [1.165, 1.54) is 12.2 Å². The van der Waals surface area contributed by atoms with Crippen LogP contribution in [0.3, 0.4) is 0 Å². The Hall–Kier alpha value is -2.68. The first-order valence-electron chi connectivity index (χ1n) is 11.2. The maximum Gasteiger partial charge on any atom is 0.410 e. The lowest BCUT2D eigenvalue weighted by atomic mass is 9.80. The number of carbonyl (C=O) groups excluding carboxylic acids is 2. The first kappa shape index (κ1) is 23.5. The van der Waals surface area contributed by atoms with Gasteiger partial charge in [-0.2, -0.15) is 0 Å². The third-order valence-corrected chi connectivity index (χ3v) is 7.40. The number of halogens is 1. The molecule has 1 amide bonds. The third-order valence-electron chi connectivity index (χ3n) is 6.87. The minimum atomic E-state index is -0.789. The van der Waals surface area contributed by atoms with E-state index in [-0.39, 0.29) is 29.6 Å². The Morgan fingerprint density at radius 2 is 1.97 bits per heavy atom. The van der Waals surface area contributed by atoms with Gasteiger partial charge in [0.2, 0.25) is 6.04 Å². The number of amides is 1. The van der Waals surface area contributed by atoms with E-state index in [9.17, 15) is 19.7 Å². The van der Waals surface area contributed by atoms with Gasteiger partial charge in [0.25, 0.3) is 0 Å². The van der Waals surface area contributed by atoms with Gasteiger partial charge in [-0.25, -0.2) is 9.59 Å². The highest BCUT2D eigenvalue weighted by Gasteiger charge is 2.45. The average molecular weight is 519 g/mol. The Morgan fingerprint density at radius 3 is 2.55 bits per heavy atom. The first-order chi connectivity index (χ1) is 15.8. The molecule has 1 aromatic carbocycles. The minimum Gasteiger partial charge on any atom is -0.459 e. The molecule has 1 aromatic rings. The van der Waals surface area contributed by atoms with Gasteiger partial charge in [-0.3, -0.25) is 10.1 Å². The van der Waals surface area contributed by atoms with E-state index in [2.05, 4.69) is 15.9 Å². The summed E-state index contributed by atoms with van der Waals surface area (Å²) < 4.78 is 12.6. The molecule has 33 heavy (non-hydrogen) atoms.